The number of hydrogen-bond acceptors (Lipinski definition) is 5. The van der Waals surface area contributed by atoms with E-state index in [0.29, 0.717) is 12.1 Å². The topological polar surface area (TPSA) is 43.0 Å². The van der Waals surface area contributed by atoms with Crippen molar-refractivity contribution in [3.05, 3.63) is 58.9 Å². The molecule has 0 amide bonds. The molecule has 1 fully saturated rings. The van der Waals surface area contributed by atoms with E-state index in [1.165, 1.54) is 0 Å². The smallest absolute Gasteiger partial charge is 0.161 e. The van der Waals surface area contributed by atoms with Crippen LogP contribution in [0.15, 0.2) is 36.4 Å². The third-order valence-electron chi connectivity index (χ3n) is 5.18. The van der Waals surface area contributed by atoms with Crippen molar-refractivity contribution in [1.29, 1.82) is 0 Å². The summed E-state index contributed by atoms with van der Waals surface area (Å²) >= 11 is 0. The lowest BCUT2D eigenvalue weighted by Gasteiger charge is -2.35. The highest BCUT2D eigenvalue weighted by atomic mass is 19.1. The first-order chi connectivity index (χ1) is 13.6. The van der Waals surface area contributed by atoms with Crippen molar-refractivity contribution in [2.24, 2.45) is 0 Å². The summed E-state index contributed by atoms with van der Waals surface area (Å²) in [6.07, 6.45) is 0. The molecule has 152 valence electrons. The standard InChI is InChI=1S/C22H29FN2O3/c1-16-4-5-17(12-19(16)23)14-24-15-20(25-8-10-28-11-9-25)18-6-7-21(26-2)22(13-18)27-3/h4-7,12-13,20,24H,8-11,14-15H2,1-3H3. The largest absolute Gasteiger partial charge is 0.493 e. The van der Waals surface area contributed by atoms with E-state index in [2.05, 4.69) is 16.3 Å². The number of morpholine rings is 1. The second kappa shape index (κ2) is 9.87. The molecule has 0 radical (unpaired) electrons. The number of benzene rings is 2. The van der Waals surface area contributed by atoms with E-state index >= 15 is 0 Å². The molecule has 1 aliphatic heterocycles. The molecule has 3 rings (SSSR count). The predicted molar refractivity (Wildman–Crippen MR) is 108 cm³/mol. The molecule has 0 spiro atoms. The second-order valence-electron chi connectivity index (χ2n) is 6.99. The van der Waals surface area contributed by atoms with E-state index in [9.17, 15) is 4.39 Å². The van der Waals surface area contributed by atoms with Gasteiger partial charge in [0.15, 0.2) is 11.5 Å². The number of nitrogens with one attached hydrogen (secondary N) is 1. The number of methoxy groups -OCH3 is 2. The van der Waals surface area contributed by atoms with Crippen LogP contribution < -0.4 is 14.8 Å². The number of rotatable bonds is 8. The number of hydrogen-bond donors (Lipinski definition) is 1. The Morgan fingerprint density at radius 2 is 1.82 bits per heavy atom. The van der Waals surface area contributed by atoms with Gasteiger partial charge in [0, 0.05) is 32.2 Å². The second-order valence-corrected chi connectivity index (χ2v) is 6.99. The van der Waals surface area contributed by atoms with E-state index in [1.807, 2.05) is 24.3 Å². The number of aryl methyl sites for hydroxylation is 1. The molecule has 1 aliphatic rings. The maximum Gasteiger partial charge on any atom is 0.161 e. The zero-order chi connectivity index (χ0) is 19.9. The van der Waals surface area contributed by atoms with Gasteiger partial charge >= 0.3 is 0 Å². The van der Waals surface area contributed by atoms with Crippen LogP contribution in [0.4, 0.5) is 4.39 Å². The normalized spacial score (nSPS) is 16.0. The highest BCUT2D eigenvalue weighted by Crippen LogP contribution is 2.32. The Morgan fingerprint density at radius 1 is 1.07 bits per heavy atom. The van der Waals surface area contributed by atoms with Gasteiger partial charge in [0.25, 0.3) is 0 Å². The molecule has 1 unspecified atom stereocenters. The molecule has 2 aromatic carbocycles. The summed E-state index contributed by atoms with van der Waals surface area (Å²) in [5, 5.41) is 3.49. The van der Waals surface area contributed by atoms with Crippen LogP contribution in [0, 0.1) is 12.7 Å². The molecule has 0 aromatic heterocycles. The quantitative estimate of drug-likeness (QED) is 0.752. The maximum absolute atomic E-state index is 13.8. The fourth-order valence-electron chi connectivity index (χ4n) is 3.51. The Kier molecular flexibility index (Phi) is 7.25. The lowest BCUT2D eigenvalue weighted by Crippen LogP contribution is -2.42. The van der Waals surface area contributed by atoms with Gasteiger partial charge in [-0.1, -0.05) is 18.2 Å². The highest BCUT2D eigenvalue weighted by molar-refractivity contribution is 5.44. The average molecular weight is 388 g/mol. The Morgan fingerprint density at radius 3 is 2.50 bits per heavy atom. The summed E-state index contributed by atoms with van der Waals surface area (Å²) in [7, 11) is 3.29. The van der Waals surface area contributed by atoms with E-state index < -0.39 is 0 Å². The molecular weight excluding hydrogens is 359 g/mol. The van der Waals surface area contributed by atoms with E-state index in [-0.39, 0.29) is 11.9 Å². The van der Waals surface area contributed by atoms with E-state index in [4.69, 9.17) is 14.2 Å². The van der Waals surface area contributed by atoms with E-state index in [0.717, 1.165) is 55.5 Å². The maximum atomic E-state index is 13.8. The summed E-state index contributed by atoms with van der Waals surface area (Å²) in [5.74, 6) is 1.28. The molecule has 0 aliphatic carbocycles. The minimum Gasteiger partial charge on any atom is -0.493 e. The van der Waals surface area contributed by atoms with Crippen molar-refractivity contribution in [3.8, 4) is 11.5 Å². The molecule has 5 nitrogen and oxygen atoms in total. The van der Waals surface area contributed by atoms with Gasteiger partial charge in [-0.2, -0.15) is 0 Å². The van der Waals surface area contributed by atoms with Gasteiger partial charge in [0.2, 0.25) is 0 Å². The van der Waals surface area contributed by atoms with Crippen LogP contribution in [0.25, 0.3) is 0 Å². The molecule has 28 heavy (non-hydrogen) atoms. The minimum atomic E-state index is -0.163. The molecule has 1 atom stereocenters. The van der Waals surface area contributed by atoms with Crippen LogP contribution in [0.2, 0.25) is 0 Å². The molecule has 0 bridgehead atoms. The Balaban J connectivity index is 1.74. The lowest BCUT2D eigenvalue weighted by atomic mass is 10.0. The highest BCUT2D eigenvalue weighted by Gasteiger charge is 2.23. The third kappa shape index (κ3) is 5.01. The molecular formula is C22H29FN2O3. The van der Waals surface area contributed by atoms with Crippen LogP contribution in [-0.2, 0) is 11.3 Å². The van der Waals surface area contributed by atoms with Crippen LogP contribution in [-0.4, -0.2) is 52.0 Å². The van der Waals surface area contributed by atoms with Crippen molar-refractivity contribution < 1.29 is 18.6 Å². The first kappa shape index (κ1) is 20.6. The molecule has 1 N–H and O–H groups in total. The van der Waals surface area contributed by atoms with Gasteiger partial charge in [-0.25, -0.2) is 4.39 Å². The summed E-state index contributed by atoms with van der Waals surface area (Å²) in [6, 6.07) is 11.6. The number of nitrogens with zero attached hydrogens (tertiary/aromatic N) is 1. The molecule has 1 heterocycles. The first-order valence-corrected chi connectivity index (χ1v) is 9.62. The fourth-order valence-corrected chi connectivity index (χ4v) is 3.51. The van der Waals surface area contributed by atoms with Crippen molar-refractivity contribution >= 4 is 0 Å². The lowest BCUT2D eigenvalue weighted by molar-refractivity contribution is 0.0160. The van der Waals surface area contributed by atoms with Crippen molar-refractivity contribution in [2.75, 3.05) is 47.1 Å². The zero-order valence-corrected chi connectivity index (χ0v) is 16.8. The van der Waals surface area contributed by atoms with Gasteiger partial charge in [-0.05, 0) is 41.8 Å². The average Bonchev–Trinajstić information content (AvgIpc) is 2.74. The van der Waals surface area contributed by atoms with Gasteiger partial charge < -0.3 is 19.5 Å². The minimum absolute atomic E-state index is 0.163. The molecule has 2 aromatic rings. The van der Waals surface area contributed by atoms with Crippen LogP contribution in [0.5, 0.6) is 11.5 Å². The van der Waals surface area contributed by atoms with Crippen molar-refractivity contribution in [2.45, 2.75) is 19.5 Å². The SMILES string of the molecule is COc1ccc(C(CNCc2ccc(C)c(F)c2)N2CCOCC2)cc1OC. The number of ether oxygens (including phenoxy) is 3. The van der Waals surface area contributed by atoms with Crippen molar-refractivity contribution in [1.82, 2.24) is 10.2 Å². The zero-order valence-electron chi connectivity index (χ0n) is 16.8. The van der Waals surface area contributed by atoms with Crippen LogP contribution in [0.1, 0.15) is 22.7 Å². The first-order valence-electron chi connectivity index (χ1n) is 9.62. The van der Waals surface area contributed by atoms with E-state index in [1.54, 1.807) is 27.2 Å². The van der Waals surface area contributed by atoms with Crippen LogP contribution in [0.3, 0.4) is 0 Å². The molecule has 1 saturated heterocycles. The van der Waals surface area contributed by atoms with Gasteiger partial charge in [0.1, 0.15) is 5.82 Å². The monoisotopic (exact) mass is 388 g/mol. The summed E-state index contributed by atoms with van der Waals surface area (Å²) in [5.41, 5.74) is 2.76. The molecule has 6 heteroatoms. The summed E-state index contributed by atoms with van der Waals surface area (Å²) in [6.45, 7) is 6.34. The Hall–Kier alpha value is -2.15. The van der Waals surface area contributed by atoms with Crippen molar-refractivity contribution in [3.63, 3.8) is 0 Å². The summed E-state index contributed by atoms with van der Waals surface area (Å²) in [4.78, 5) is 2.41. The fraction of sp³-hybridized carbons (Fsp3) is 0.455. The number of halogens is 1. The van der Waals surface area contributed by atoms with Gasteiger partial charge in [-0.3, -0.25) is 4.90 Å². The summed E-state index contributed by atoms with van der Waals surface area (Å²) < 4.78 is 30.2. The third-order valence-corrected chi connectivity index (χ3v) is 5.18. The predicted octanol–water partition coefficient (Wildman–Crippen LogP) is 3.31. The Labute approximate surface area is 166 Å². The van der Waals surface area contributed by atoms with Gasteiger partial charge in [-0.15, -0.1) is 0 Å². The molecule has 0 saturated carbocycles. The van der Waals surface area contributed by atoms with Crippen LogP contribution >= 0.6 is 0 Å². The Bertz CT molecular complexity index is 778. The van der Waals surface area contributed by atoms with Gasteiger partial charge in [0.05, 0.1) is 27.4 Å².